The van der Waals surface area contributed by atoms with Gasteiger partial charge in [-0.15, -0.1) is 0 Å². The Labute approximate surface area is 169 Å². The van der Waals surface area contributed by atoms with Crippen LogP contribution in [0, 0.1) is 10.6 Å². The predicted octanol–water partition coefficient (Wildman–Crippen LogP) is 5.32. The van der Waals surface area contributed by atoms with Crippen LogP contribution < -0.4 is 15.9 Å². The summed E-state index contributed by atoms with van der Waals surface area (Å²) in [6, 6.07) is 32.3. The average Bonchev–Trinajstić information content (AvgIpc) is 2.64. The molecule has 137 valence electrons. The zero-order valence-corrected chi connectivity index (χ0v) is 18.5. The minimum absolute atomic E-state index is 0.112. The summed E-state index contributed by atoms with van der Waals surface area (Å²) < 4.78 is 3.12. The van der Waals surface area contributed by atoms with Crippen LogP contribution in [0.5, 0.6) is 0 Å². The van der Waals surface area contributed by atoms with Gasteiger partial charge < -0.3 is 0 Å². The minimum Gasteiger partial charge on any atom is -0.0622 e. The summed E-state index contributed by atoms with van der Waals surface area (Å²) in [5.41, 5.74) is 0. The number of benzene rings is 3. The average molecular weight is 541 g/mol. The van der Waals surface area contributed by atoms with Crippen LogP contribution in [-0.2, 0) is 19.8 Å². The van der Waals surface area contributed by atoms with Crippen LogP contribution in [0.25, 0.3) is 0 Å². The Morgan fingerprint density at radius 3 is 1.15 bits per heavy atom. The van der Waals surface area contributed by atoms with Crippen molar-refractivity contribution in [1.29, 1.82) is 0 Å². The molecule has 0 nitrogen and oxygen atoms in total. The first kappa shape index (κ1) is 20.7. The molecule has 3 aromatic rings. The second-order valence-electron chi connectivity index (χ2n) is 6.46. The summed E-state index contributed by atoms with van der Waals surface area (Å²) in [6.45, 7) is 6.53. The Morgan fingerprint density at radius 2 is 0.962 bits per heavy atom. The number of hydrogen-bond acceptors (Lipinski definition) is 0. The molecule has 0 N–H and O–H groups in total. The van der Waals surface area contributed by atoms with Gasteiger partial charge in [0.05, 0.1) is 0 Å². The van der Waals surface area contributed by atoms with Crippen molar-refractivity contribution in [1.82, 2.24) is 0 Å². The van der Waals surface area contributed by atoms with Gasteiger partial charge in [-0.2, -0.15) is 0 Å². The second kappa shape index (κ2) is 10.5. The standard InChI is InChI=1S/C18H15P.C4H9.C2H.Au/c1-4-10-16(11-5-1)19(17-12-6-2-7-13-17)18-14-8-3-9-15-18;1-4(2)3;1-2;/h1-15H;1-3H3;1H;. The fourth-order valence-corrected chi connectivity index (χ4v) is 5.55. The molecule has 2 heteroatoms. The summed E-state index contributed by atoms with van der Waals surface area (Å²) in [5, 5.41) is 4.19. The molecule has 0 radical (unpaired) electrons. The Balaban J connectivity index is 0.000000298. The molecule has 0 heterocycles. The largest absolute Gasteiger partial charge is 0.0622 e. The summed E-state index contributed by atoms with van der Waals surface area (Å²) in [7, 11) is -0.446. The van der Waals surface area contributed by atoms with Crippen LogP contribution in [0.15, 0.2) is 91.0 Å². The number of hydrogen-bond donors (Lipinski definition) is 0. The topological polar surface area (TPSA) is 0 Å². The Kier molecular flexibility index (Phi) is 8.37. The van der Waals surface area contributed by atoms with Crippen LogP contribution in [-0.4, -0.2) is 0 Å². The Bertz CT molecular complexity index is 706. The monoisotopic (exact) mass is 541 g/mol. The van der Waals surface area contributed by atoms with Crippen molar-refractivity contribution in [3.05, 3.63) is 91.0 Å². The maximum Gasteiger partial charge on any atom is -0.0134 e. The van der Waals surface area contributed by atoms with Gasteiger partial charge in [0.25, 0.3) is 0 Å². The molecule has 26 heavy (non-hydrogen) atoms. The molecular formula is C24H25AuP. The molecule has 3 rings (SSSR count). The second-order valence-corrected chi connectivity index (χ2v) is 13.1. The third-order valence-electron chi connectivity index (χ3n) is 3.31. The molecule has 0 aliphatic carbocycles. The maximum absolute atomic E-state index is 5.11. The van der Waals surface area contributed by atoms with E-state index in [0.29, 0.717) is 3.63 Å². The zero-order valence-electron chi connectivity index (χ0n) is 15.5. The van der Waals surface area contributed by atoms with E-state index in [-0.39, 0.29) is 19.8 Å². The van der Waals surface area contributed by atoms with Crippen LogP contribution in [0.4, 0.5) is 0 Å². The smallest absolute Gasteiger partial charge is 0.0134 e. The van der Waals surface area contributed by atoms with Gasteiger partial charge in [0.2, 0.25) is 0 Å². The number of rotatable bonds is 3. The maximum atomic E-state index is 5.11. The van der Waals surface area contributed by atoms with Crippen LogP contribution in [0.2, 0.25) is 3.63 Å². The molecule has 0 aliphatic heterocycles. The summed E-state index contributed by atoms with van der Waals surface area (Å²) in [4.78, 5) is 0. The van der Waals surface area contributed by atoms with E-state index in [0.717, 1.165) is 0 Å². The summed E-state index contributed by atoms with van der Waals surface area (Å²) >= 11 is 0.112. The fourth-order valence-electron chi connectivity index (χ4n) is 2.31. The molecular weight excluding hydrogens is 516 g/mol. The molecule has 0 amide bonds. The minimum atomic E-state index is -0.446. The van der Waals surface area contributed by atoms with Crippen molar-refractivity contribution in [2.75, 3.05) is 0 Å². The van der Waals surface area contributed by atoms with Crippen molar-refractivity contribution in [2.24, 2.45) is 0 Å². The van der Waals surface area contributed by atoms with E-state index in [2.05, 4.69) is 116 Å². The molecule has 0 atom stereocenters. The van der Waals surface area contributed by atoms with E-state index < -0.39 is 7.92 Å². The van der Waals surface area contributed by atoms with Gasteiger partial charge in [-0.3, -0.25) is 0 Å². The molecule has 0 aromatic heterocycles. The Hall–Kier alpha value is -1.61. The third kappa shape index (κ3) is 6.95. The van der Waals surface area contributed by atoms with E-state index in [1.54, 1.807) is 0 Å². The summed E-state index contributed by atoms with van der Waals surface area (Å²) in [5.74, 6) is 0. The van der Waals surface area contributed by atoms with Crippen LogP contribution in [0.1, 0.15) is 20.8 Å². The van der Waals surface area contributed by atoms with Gasteiger partial charge in [-0.1, -0.05) is 91.0 Å². The van der Waals surface area contributed by atoms with Crippen molar-refractivity contribution in [2.45, 2.75) is 24.4 Å². The van der Waals surface area contributed by atoms with Gasteiger partial charge in [0, 0.05) is 0 Å². The van der Waals surface area contributed by atoms with E-state index in [1.165, 1.54) is 15.9 Å². The first-order valence-electron chi connectivity index (χ1n) is 8.49. The van der Waals surface area contributed by atoms with Crippen LogP contribution >= 0.6 is 7.92 Å². The first-order chi connectivity index (χ1) is 12.5. The van der Waals surface area contributed by atoms with Gasteiger partial charge >= 0.3 is 54.7 Å². The molecule has 0 saturated heterocycles. The molecule has 0 saturated carbocycles. The summed E-state index contributed by atoms with van der Waals surface area (Å²) in [6.07, 6.45) is 5.11. The molecule has 0 bridgehead atoms. The predicted molar refractivity (Wildman–Crippen MR) is 114 cm³/mol. The van der Waals surface area contributed by atoms with E-state index in [9.17, 15) is 0 Å². The van der Waals surface area contributed by atoms with Gasteiger partial charge in [0.15, 0.2) is 0 Å². The molecule has 0 unspecified atom stereocenters. The van der Waals surface area contributed by atoms with Crippen LogP contribution in [0.3, 0.4) is 0 Å². The molecule has 3 aromatic carbocycles. The quantitative estimate of drug-likeness (QED) is 0.239. The molecule has 0 fully saturated rings. The van der Waals surface area contributed by atoms with E-state index in [4.69, 9.17) is 6.42 Å². The van der Waals surface area contributed by atoms with Crippen molar-refractivity contribution >= 4 is 23.8 Å². The van der Waals surface area contributed by atoms with Gasteiger partial charge in [0.1, 0.15) is 0 Å². The molecule has 0 aliphatic rings. The third-order valence-corrected chi connectivity index (χ3v) is 7.69. The van der Waals surface area contributed by atoms with Gasteiger partial charge in [-0.05, 0) is 23.8 Å². The van der Waals surface area contributed by atoms with E-state index >= 15 is 0 Å². The van der Waals surface area contributed by atoms with Crippen molar-refractivity contribution < 1.29 is 19.8 Å². The first-order valence-corrected chi connectivity index (χ1v) is 12.0. The fraction of sp³-hybridized carbons (Fsp3) is 0.167. The normalized spacial score (nSPS) is 10.7. The van der Waals surface area contributed by atoms with Crippen molar-refractivity contribution in [3.8, 4) is 10.6 Å². The van der Waals surface area contributed by atoms with E-state index in [1.807, 2.05) is 0 Å². The number of terminal acetylenes is 1. The van der Waals surface area contributed by atoms with Crippen molar-refractivity contribution in [3.63, 3.8) is 0 Å². The molecule has 0 spiro atoms. The van der Waals surface area contributed by atoms with Gasteiger partial charge in [-0.25, -0.2) is 0 Å². The Morgan fingerprint density at radius 1 is 0.654 bits per heavy atom. The zero-order chi connectivity index (χ0) is 18.8. The SMILES string of the molecule is C#[C][Au][C](C)(C)C.c1ccc(P(c2ccccc2)c2ccccc2)cc1.